The highest BCUT2D eigenvalue weighted by Gasteiger charge is 2.10. The molecule has 0 amide bonds. The van der Waals surface area contributed by atoms with Gasteiger partial charge in [0, 0.05) is 6.42 Å². The summed E-state index contributed by atoms with van der Waals surface area (Å²) in [7, 11) is 0.168. The van der Waals surface area contributed by atoms with E-state index in [1.807, 2.05) is 20.8 Å². The number of rotatable bonds is 7. The zero-order valence-electron chi connectivity index (χ0n) is 9.13. The second kappa shape index (κ2) is 7.93. The van der Waals surface area contributed by atoms with E-state index in [4.69, 9.17) is 4.74 Å². The molecular formula is C10H19O3P. The van der Waals surface area contributed by atoms with E-state index in [2.05, 4.69) is 0 Å². The lowest BCUT2D eigenvalue weighted by atomic mass is 10.2. The van der Waals surface area contributed by atoms with E-state index < -0.39 is 0 Å². The van der Waals surface area contributed by atoms with Crippen molar-refractivity contribution in [2.45, 2.75) is 45.7 Å². The molecule has 0 aromatic carbocycles. The van der Waals surface area contributed by atoms with Gasteiger partial charge in [-0.2, -0.15) is 0 Å². The van der Waals surface area contributed by atoms with Crippen LogP contribution in [0.15, 0.2) is 0 Å². The quantitative estimate of drug-likeness (QED) is 0.617. The molecule has 0 radical (unpaired) electrons. The Kier molecular flexibility index (Phi) is 7.68. The standard InChI is InChI=1S/C10H19O3P/c1-4-6-9(11)7-13-10(12)14-8(3)5-2/h8,14H,4-7H2,1-3H3. The predicted molar refractivity (Wildman–Crippen MR) is 59.3 cm³/mol. The molecule has 0 aromatic heterocycles. The van der Waals surface area contributed by atoms with Gasteiger partial charge < -0.3 is 4.74 Å². The summed E-state index contributed by atoms with van der Waals surface area (Å²) in [5.74, 6) is 0.00908. The third-order valence-electron chi connectivity index (χ3n) is 1.87. The van der Waals surface area contributed by atoms with Crippen molar-refractivity contribution < 1.29 is 14.3 Å². The fourth-order valence-corrected chi connectivity index (χ4v) is 1.60. The maximum absolute atomic E-state index is 11.2. The van der Waals surface area contributed by atoms with Crippen LogP contribution in [-0.2, 0) is 9.53 Å². The van der Waals surface area contributed by atoms with Crippen molar-refractivity contribution in [3.63, 3.8) is 0 Å². The molecule has 0 spiro atoms. The van der Waals surface area contributed by atoms with E-state index in [1.54, 1.807) is 0 Å². The Morgan fingerprint density at radius 1 is 1.36 bits per heavy atom. The fourth-order valence-electron chi connectivity index (χ4n) is 0.842. The van der Waals surface area contributed by atoms with Gasteiger partial charge in [-0.3, -0.25) is 4.79 Å². The lowest BCUT2D eigenvalue weighted by Crippen LogP contribution is -2.11. The Bertz CT molecular complexity index is 192. The first kappa shape index (κ1) is 13.6. The Balaban J connectivity index is 3.58. The first-order valence-corrected chi connectivity index (χ1v) is 6.12. The van der Waals surface area contributed by atoms with E-state index >= 15 is 0 Å². The van der Waals surface area contributed by atoms with Crippen LogP contribution in [0.25, 0.3) is 0 Å². The summed E-state index contributed by atoms with van der Waals surface area (Å²) >= 11 is 0. The molecule has 0 heterocycles. The summed E-state index contributed by atoms with van der Waals surface area (Å²) < 4.78 is 4.85. The maximum Gasteiger partial charge on any atom is 0.323 e. The van der Waals surface area contributed by atoms with Gasteiger partial charge in [0.25, 0.3) is 0 Å². The molecule has 0 aliphatic carbocycles. The van der Waals surface area contributed by atoms with Crippen molar-refractivity contribution in [1.82, 2.24) is 0 Å². The van der Waals surface area contributed by atoms with Gasteiger partial charge in [0.15, 0.2) is 5.78 Å². The molecule has 0 aliphatic heterocycles. The number of Topliss-reactive ketones (excluding diaryl/α,β-unsaturated/α-hetero) is 1. The minimum atomic E-state index is -0.233. The Labute approximate surface area is 87.4 Å². The Morgan fingerprint density at radius 2 is 2.00 bits per heavy atom. The van der Waals surface area contributed by atoms with Crippen LogP contribution in [0.4, 0.5) is 4.79 Å². The molecular weight excluding hydrogens is 199 g/mol. The second-order valence-corrected chi connectivity index (χ2v) is 5.00. The van der Waals surface area contributed by atoms with Crippen molar-refractivity contribution in [3.05, 3.63) is 0 Å². The first-order valence-electron chi connectivity index (χ1n) is 5.05. The van der Waals surface area contributed by atoms with Crippen LogP contribution in [0.5, 0.6) is 0 Å². The summed E-state index contributed by atoms with van der Waals surface area (Å²) in [5.41, 5.74) is 0.132. The summed E-state index contributed by atoms with van der Waals surface area (Å²) in [6.07, 6.45) is 2.28. The van der Waals surface area contributed by atoms with Crippen molar-refractivity contribution >= 4 is 20.1 Å². The van der Waals surface area contributed by atoms with Crippen LogP contribution >= 0.6 is 8.58 Å². The molecule has 3 nitrogen and oxygen atoms in total. The number of carbonyl (C=O) groups excluding carboxylic acids is 2. The number of hydrogen-bond donors (Lipinski definition) is 0. The van der Waals surface area contributed by atoms with Crippen LogP contribution in [0, 0.1) is 0 Å². The van der Waals surface area contributed by atoms with Crippen molar-refractivity contribution in [2.24, 2.45) is 0 Å². The smallest absolute Gasteiger partial charge is 0.323 e. The van der Waals surface area contributed by atoms with Gasteiger partial charge in [-0.1, -0.05) is 20.8 Å². The van der Waals surface area contributed by atoms with E-state index in [1.165, 1.54) is 0 Å². The van der Waals surface area contributed by atoms with Crippen molar-refractivity contribution in [3.8, 4) is 0 Å². The fraction of sp³-hybridized carbons (Fsp3) is 0.800. The molecule has 0 N–H and O–H groups in total. The van der Waals surface area contributed by atoms with Gasteiger partial charge in [-0.15, -0.1) is 0 Å². The lowest BCUT2D eigenvalue weighted by Gasteiger charge is -2.07. The molecule has 0 saturated heterocycles. The topological polar surface area (TPSA) is 43.4 Å². The molecule has 0 rings (SSSR count). The van der Waals surface area contributed by atoms with Crippen molar-refractivity contribution in [2.75, 3.05) is 6.61 Å². The van der Waals surface area contributed by atoms with Crippen LogP contribution in [-0.4, -0.2) is 23.8 Å². The number of ether oxygens (including phenoxy) is 1. The predicted octanol–water partition coefficient (Wildman–Crippen LogP) is 2.97. The normalized spacial score (nSPS) is 13.1. The lowest BCUT2D eigenvalue weighted by molar-refractivity contribution is -0.121. The van der Waals surface area contributed by atoms with Crippen LogP contribution < -0.4 is 0 Å². The molecule has 14 heavy (non-hydrogen) atoms. The Hall–Kier alpha value is -0.430. The zero-order chi connectivity index (χ0) is 11.0. The van der Waals surface area contributed by atoms with Gasteiger partial charge >= 0.3 is 5.71 Å². The Morgan fingerprint density at radius 3 is 2.50 bits per heavy atom. The van der Waals surface area contributed by atoms with Gasteiger partial charge in [-0.05, 0) is 27.1 Å². The molecule has 0 aliphatic rings. The summed E-state index contributed by atoms with van der Waals surface area (Å²) in [6, 6.07) is 0. The third-order valence-corrected chi connectivity index (χ3v) is 3.15. The van der Waals surface area contributed by atoms with Gasteiger partial charge in [0.05, 0.1) is 0 Å². The average molecular weight is 218 g/mol. The van der Waals surface area contributed by atoms with Gasteiger partial charge in [0.1, 0.15) is 6.61 Å². The highest BCUT2D eigenvalue weighted by atomic mass is 31.1. The highest BCUT2D eigenvalue weighted by Crippen LogP contribution is 2.23. The molecule has 0 fully saturated rings. The van der Waals surface area contributed by atoms with Crippen LogP contribution in [0.1, 0.15) is 40.0 Å². The summed E-state index contributed by atoms with van der Waals surface area (Å²) in [5, 5.41) is 0. The third kappa shape index (κ3) is 7.02. The van der Waals surface area contributed by atoms with Gasteiger partial charge in [-0.25, -0.2) is 4.79 Å². The van der Waals surface area contributed by atoms with Crippen LogP contribution in [0.2, 0.25) is 0 Å². The molecule has 0 aromatic rings. The molecule has 4 heteroatoms. The monoisotopic (exact) mass is 218 g/mol. The van der Waals surface area contributed by atoms with E-state index in [-0.39, 0.29) is 26.7 Å². The number of carbonyl (C=O) groups is 2. The average Bonchev–Trinajstić information content (AvgIpc) is 2.15. The molecule has 0 saturated carbocycles. The highest BCUT2D eigenvalue weighted by molar-refractivity contribution is 7.57. The van der Waals surface area contributed by atoms with E-state index in [0.29, 0.717) is 12.1 Å². The molecule has 82 valence electrons. The van der Waals surface area contributed by atoms with E-state index in [9.17, 15) is 9.59 Å². The number of ketones is 1. The molecule has 2 atom stereocenters. The minimum absolute atomic E-state index is 0.00908. The minimum Gasteiger partial charge on any atom is -0.455 e. The van der Waals surface area contributed by atoms with Crippen molar-refractivity contribution in [1.29, 1.82) is 0 Å². The van der Waals surface area contributed by atoms with Crippen LogP contribution in [0.3, 0.4) is 0 Å². The molecule has 0 bridgehead atoms. The second-order valence-electron chi connectivity index (χ2n) is 3.32. The number of hydrogen-bond acceptors (Lipinski definition) is 3. The maximum atomic E-state index is 11.2. The summed E-state index contributed by atoms with van der Waals surface area (Å²) in [4.78, 5) is 22.2. The SMILES string of the molecule is CCCC(=O)COC(=O)PC(C)CC. The molecule has 2 unspecified atom stereocenters. The first-order chi connectivity index (χ1) is 6.60. The largest absolute Gasteiger partial charge is 0.455 e. The summed E-state index contributed by atoms with van der Waals surface area (Å²) in [6.45, 7) is 5.93. The van der Waals surface area contributed by atoms with Gasteiger partial charge in [0.2, 0.25) is 0 Å². The van der Waals surface area contributed by atoms with E-state index in [0.717, 1.165) is 12.8 Å². The zero-order valence-corrected chi connectivity index (χ0v) is 10.1.